The lowest BCUT2D eigenvalue weighted by atomic mass is 9.61. The number of ether oxygens (including phenoxy) is 1. The van der Waals surface area contributed by atoms with E-state index < -0.39 is 0 Å². The standard InChI is InChI=1S/C16H24INO/c1-5-16(4)14(10-15(16)19-6-2)18-12-8-7-11(3)13(17)9-12/h7-9,14-15,18H,5-6,10H2,1-4H3. The van der Waals surface area contributed by atoms with Crippen LogP contribution >= 0.6 is 22.6 Å². The van der Waals surface area contributed by atoms with Crippen LogP contribution in [0.4, 0.5) is 5.69 Å². The molecule has 3 unspecified atom stereocenters. The van der Waals surface area contributed by atoms with Gasteiger partial charge in [-0.25, -0.2) is 0 Å². The van der Waals surface area contributed by atoms with Crippen LogP contribution in [-0.2, 0) is 4.74 Å². The van der Waals surface area contributed by atoms with Crippen molar-refractivity contribution in [2.24, 2.45) is 5.41 Å². The fraction of sp³-hybridized carbons (Fsp3) is 0.625. The fourth-order valence-corrected chi connectivity index (χ4v) is 3.37. The fourth-order valence-electron chi connectivity index (χ4n) is 2.86. The molecule has 0 amide bonds. The quantitative estimate of drug-likeness (QED) is 0.762. The van der Waals surface area contributed by atoms with Gasteiger partial charge < -0.3 is 10.1 Å². The molecule has 1 aromatic carbocycles. The first-order valence-corrected chi connectivity index (χ1v) is 8.23. The summed E-state index contributed by atoms with van der Waals surface area (Å²) < 4.78 is 7.17. The van der Waals surface area contributed by atoms with E-state index in [1.165, 1.54) is 14.8 Å². The van der Waals surface area contributed by atoms with Crippen molar-refractivity contribution in [2.75, 3.05) is 11.9 Å². The number of hydrogen-bond acceptors (Lipinski definition) is 2. The Kier molecular flexibility index (Phi) is 4.77. The Balaban J connectivity index is 2.05. The van der Waals surface area contributed by atoms with Crippen LogP contribution < -0.4 is 5.32 Å². The third-order valence-electron chi connectivity index (χ3n) is 4.62. The number of halogens is 1. The summed E-state index contributed by atoms with van der Waals surface area (Å²) in [6.07, 6.45) is 2.67. The number of hydrogen-bond donors (Lipinski definition) is 1. The Bertz CT molecular complexity index is 448. The first-order valence-electron chi connectivity index (χ1n) is 7.15. The van der Waals surface area contributed by atoms with Gasteiger partial charge in [-0.2, -0.15) is 0 Å². The van der Waals surface area contributed by atoms with Crippen molar-refractivity contribution in [1.82, 2.24) is 0 Å². The SMILES string of the molecule is CCOC1CC(Nc2ccc(C)c(I)c2)C1(C)CC. The second-order valence-corrected chi connectivity index (χ2v) is 6.86. The summed E-state index contributed by atoms with van der Waals surface area (Å²) in [7, 11) is 0. The van der Waals surface area contributed by atoms with Gasteiger partial charge in [0.15, 0.2) is 0 Å². The van der Waals surface area contributed by atoms with Gasteiger partial charge in [0.25, 0.3) is 0 Å². The molecule has 0 saturated heterocycles. The van der Waals surface area contributed by atoms with Gasteiger partial charge in [-0.15, -0.1) is 0 Å². The summed E-state index contributed by atoms with van der Waals surface area (Å²) in [4.78, 5) is 0. The monoisotopic (exact) mass is 373 g/mol. The highest BCUT2D eigenvalue weighted by molar-refractivity contribution is 14.1. The van der Waals surface area contributed by atoms with Crippen molar-refractivity contribution in [3.8, 4) is 0 Å². The number of benzene rings is 1. The van der Waals surface area contributed by atoms with Crippen LogP contribution in [0, 0.1) is 15.9 Å². The predicted molar refractivity (Wildman–Crippen MR) is 89.7 cm³/mol. The smallest absolute Gasteiger partial charge is 0.0667 e. The molecule has 1 N–H and O–H groups in total. The van der Waals surface area contributed by atoms with Crippen LogP contribution in [0.15, 0.2) is 18.2 Å². The average molecular weight is 373 g/mol. The minimum absolute atomic E-state index is 0.256. The number of nitrogens with one attached hydrogen (secondary N) is 1. The van der Waals surface area contributed by atoms with E-state index in [-0.39, 0.29) is 5.41 Å². The summed E-state index contributed by atoms with van der Waals surface area (Å²) in [6.45, 7) is 9.65. The van der Waals surface area contributed by atoms with Crippen molar-refractivity contribution in [3.63, 3.8) is 0 Å². The maximum Gasteiger partial charge on any atom is 0.0667 e. The summed E-state index contributed by atoms with van der Waals surface area (Å²) in [5.41, 5.74) is 2.83. The molecule has 1 aromatic rings. The average Bonchev–Trinajstić information content (AvgIpc) is 2.40. The molecule has 3 atom stereocenters. The van der Waals surface area contributed by atoms with Gasteiger partial charge >= 0.3 is 0 Å². The summed E-state index contributed by atoms with van der Waals surface area (Å²) in [5, 5.41) is 3.69. The molecule has 1 fully saturated rings. The number of rotatable bonds is 5. The molecule has 1 aliphatic rings. The first-order chi connectivity index (χ1) is 9.01. The molecule has 0 spiro atoms. The van der Waals surface area contributed by atoms with Crippen molar-refractivity contribution >= 4 is 28.3 Å². The van der Waals surface area contributed by atoms with Gasteiger partial charge in [-0.1, -0.05) is 19.9 Å². The minimum atomic E-state index is 0.256. The minimum Gasteiger partial charge on any atom is -0.382 e. The molecule has 3 heteroatoms. The van der Waals surface area contributed by atoms with E-state index in [0.29, 0.717) is 12.1 Å². The van der Waals surface area contributed by atoms with Gasteiger partial charge in [0.1, 0.15) is 0 Å². The zero-order valence-electron chi connectivity index (χ0n) is 12.3. The molecular weight excluding hydrogens is 349 g/mol. The molecule has 2 nitrogen and oxygen atoms in total. The molecule has 2 rings (SSSR count). The van der Waals surface area contributed by atoms with E-state index in [9.17, 15) is 0 Å². The van der Waals surface area contributed by atoms with Crippen LogP contribution in [-0.4, -0.2) is 18.8 Å². The van der Waals surface area contributed by atoms with Gasteiger partial charge in [-0.05, 0) is 67.0 Å². The van der Waals surface area contributed by atoms with Crippen LogP contribution in [0.3, 0.4) is 0 Å². The van der Waals surface area contributed by atoms with Gasteiger partial charge in [-0.3, -0.25) is 0 Å². The second-order valence-electron chi connectivity index (χ2n) is 5.70. The molecule has 0 aliphatic heterocycles. The van der Waals surface area contributed by atoms with Gasteiger partial charge in [0.2, 0.25) is 0 Å². The van der Waals surface area contributed by atoms with Crippen LogP contribution in [0.1, 0.15) is 39.2 Å². The lowest BCUT2D eigenvalue weighted by Gasteiger charge is -2.54. The molecule has 1 saturated carbocycles. The third kappa shape index (κ3) is 2.92. The zero-order valence-corrected chi connectivity index (χ0v) is 14.5. The maximum absolute atomic E-state index is 5.85. The summed E-state index contributed by atoms with van der Waals surface area (Å²) in [6, 6.07) is 7.13. The number of aryl methyl sites for hydroxylation is 1. The Morgan fingerprint density at radius 3 is 2.74 bits per heavy atom. The zero-order chi connectivity index (χ0) is 14.0. The molecular formula is C16H24INO. The Labute approximate surface area is 130 Å². The van der Waals surface area contributed by atoms with Crippen molar-refractivity contribution in [2.45, 2.75) is 52.7 Å². The normalized spacial score (nSPS) is 29.9. The van der Waals surface area contributed by atoms with Crippen molar-refractivity contribution in [1.29, 1.82) is 0 Å². The van der Waals surface area contributed by atoms with Gasteiger partial charge in [0, 0.05) is 27.3 Å². The largest absolute Gasteiger partial charge is 0.382 e. The first kappa shape index (κ1) is 15.1. The lowest BCUT2D eigenvalue weighted by molar-refractivity contribution is -0.109. The Morgan fingerprint density at radius 2 is 2.16 bits per heavy atom. The Hall–Kier alpha value is -0.290. The molecule has 19 heavy (non-hydrogen) atoms. The predicted octanol–water partition coefficient (Wildman–Crippen LogP) is 4.61. The topological polar surface area (TPSA) is 21.3 Å². The van der Waals surface area contributed by atoms with E-state index in [0.717, 1.165) is 19.4 Å². The molecule has 106 valence electrons. The van der Waals surface area contributed by atoms with Crippen molar-refractivity contribution < 1.29 is 4.74 Å². The van der Waals surface area contributed by atoms with E-state index in [4.69, 9.17) is 4.74 Å². The van der Waals surface area contributed by atoms with Crippen LogP contribution in [0.5, 0.6) is 0 Å². The molecule has 0 bridgehead atoms. The van der Waals surface area contributed by atoms with Gasteiger partial charge in [0.05, 0.1) is 6.10 Å². The Morgan fingerprint density at radius 1 is 1.42 bits per heavy atom. The summed E-state index contributed by atoms with van der Waals surface area (Å²) in [5.74, 6) is 0. The molecule has 0 radical (unpaired) electrons. The molecule has 0 heterocycles. The number of anilines is 1. The highest BCUT2D eigenvalue weighted by Crippen LogP contribution is 2.47. The molecule has 0 aromatic heterocycles. The van der Waals surface area contributed by atoms with E-state index in [1.54, 1.807) is 0 Å². The highest BCUT2D eigenvalue weighted by Gasteiger charge is 2.51. The van der Waals surface area contributed by atoms with E-state index in [2.05, 4.69) is 73.8 Å². The van der Waals surface area contributed by atoms with Crippen molar-refractivity contribution in [3.05, 3.63) is 27.3 Å². The summed E-state index contributed by atoms with van der Waals surface area (Å²) >= 11 is 2.40. The second kappa shape index (κ2) is 6.00. The van der Waals surface area contributed by atoms with E-state index in [1.807, 2.05) is 0 Å². The van der Waals surface area contributed by atoms with Crippen LogP contribution in [0.2, 0.25) is 0 Å². The highest BCUT2D eigenvalue weighted by atomic mass is 127. The van der Waals surface area contributed by atoms with Crippen LogP contribution in [0.25, 0.3) is 0 Å². The third-order valence-corrected chi connectivity index (χ3v) is 5.79. The lowest BCUT2D eigenvalue weighted by Crippen LogP contribution is -2.59. The maximum atomic E-state index is 5.85. The molecule has 1 aliphatic carbocycles. The van der Waals surface area contributed by atoms with E-state index >= 15 is 0 Å².